The van der Waals surface area contributed by atoms with Crippen molar-refractivity contribution in [3.05, 3.63) is 53.2 Å². The fourth-order valence-electron chi connectivity index (χ4n) is 3.03. The Balaban J connectivity index is 2.03. The summed E-state index contributed by atoms with van der Waals surface area (Å²) in [5, 5.41) is 0.607. The fourth-order valence-corrected chi connectivity index (χ4v) is 3.79. The van der Waals surface area contributed by atoms with Crippen molar-refractivity contribution in [3.8, 4) is 21.9 Å². The van der Waals surface area contributed by atoms with Crippen LogP contribution in [0, 0.1) is 0 Å². The molecule has 0 fully saturated rings. The fraction of sp³-hybridized carbons (Fsp3) is 0.167. The van der Waals surface area contributed by atoms with Gasteiger partial charge in [-0.25, -0.2) is 9.36 Å². The van der Waals surface area contributed by atoms with Crippen LogP contribution in [-0.4, -0.2) is 35.1 Å². The van der Waals surface area contributed by atoms with E-state index in [2.05, 4.69) is 9.36 Å². The summed E-state index contributed by atoms with van der Waals surface area (Å²) >= 11 is 1.32. The largest absolute Gasteiger partial charge is 0.497 e. The molecule has 0 unspecified atom stereocenters. The molecule has 2 aliphatic rings. The Labute approximate surface area is 148 Å². The molecule has 4 rings (SSSR count). The van der Waals surface area contributed by atoms with Crippen molar-refractivity contribution < 1.29 is 4.74 Å². The maximum Gasteiger partial charge on any atom is 0.267 e. The predicted octanol–water partition coefficient (Wildman–Crippen LogP) is 3.02. The molecular formula is C18H16N4O2S. The maximum absolute atomic E-state index is 13.2. The van der Waals surface area contributed by atoms with E-state index in [1.54, 1.807) is 24.2 Å². The van der Waals surface area contributed by atoms with E-state index in [0.29, 0.717) is 10.9 Å². The van der Waals surface area contributed by atoms with E-state index in [4.69, 9.17) is 4.74 Å². The second-order valence-corrected chi connectivity index (χ2v) is 6.64. The standard InChI is InChI=1S/C18H16N4O2S/c1-21(2)16-13-8-9-20-25-17(13)14-15(16)19-10-22(18(14)23)11-4-6-12(24-3)7-5-11/h4-10H,1-3H3. The highest BCUT2D eigenvalue weighted by molar-refractivity contribution is 7.10. The highest BCUT2D eigenvalue weighted by Gasteiger charge is 2.24. The smallest absolute Gasteiger partial charge is 0.267 e. The van der Waals surface area contributed by atoms with Gasteiger partial charge in [-0.15, -0.1) is 0 Å². The number of benzene rings is 1. The summed E-state index contributed by atoms with van der Waals surface area (Å²) < 4.78 is 11.0. The molecule has 7 heteroatoms. The van der Waals surface area contributed by atoms with Crippen LogP contribution in [0.25, 0.3) is 27.0 Å². The molecule has 0 saturated carbocycles. The highest BCUT2D eigenvalue weighted by atomic mass is 32.1. The zero-order chi connectivity index (χ0) is 17.6. The minimum absolute atomic E-state index is 0.0995. The van der Waals surface area contributed by atoms with E-state index in [1.165, 1.54) is 11.5 Å². The van der Waals surface area contributed by atoms with Crippen LogP contribution >= 0.6 is 11.5 Å². The van der Waals surface area contributed by atoms with E-state index >= 15 is 0 Å². The molecule has 0 atom stereocenters. The molecule has 0 bridgehead atoms. The predicted molar refractivity (Wildman–Crippen MR) is 101 cm³/mol. The quantitative estimate of drug-likeness (QED) is 0.567. The van der Waals surface area contributed by atoms with Gasteiger partial charge in [0.2, 0.25) is 0 Å². The Morgan fingerprint density at radius 1 is 1.16 bits per heavy atom. The van der Waals surface area contributed by atoms with Crippen molar-refractivity contribution >= 4 is 28.1 Å². The number of nitrogens with zero attached hydrogens (tertiary/aromatic N) is 4. The average molecular weight is 352 g/mol. The molecule has 1 aliphatic heterocycles. The molecule has 0 spiro atoms. The van der Waals surface area contributed by atoms with E-state index in [-0.39, 0.29) is 5.56 Å². The number of hydrogen-bond acceptors (Lipinski definition) is 6. The first-order chi connectivity index (χ1) is 12.1. The van der Waals surface area contributed by atoms with Gasteiger partial charge in [0.1, 0.15) is 17.6 Å². The van der Waals surface area contributed by atoms with Crippen molar-refractivity contribution in [2.24, 2.45) is 0 Å². The molecule has 0 N–H and O–H groups in total. The third-order valence-corrected chi connectivity index (χ3v) is 5.00. The van der Waals surface area contributed by atoms with Gasteiger partial charge in [0, 0.05) is 25.9 Å². The van der Waals surface area contributed by atoms with Gasteiger partial charge in [-0.2, -0.15) is 0 Å². The lowest BCUT2D eigenvalue weighted by Crippen LogP contribution is -2.18. The van der Waals surface area contributed by atoms with Gasteiger partial charge in [0.05, 0.1) is 28.7 Å². The maximum atomic E-state index is 13.2. The highest BCUT2D eigenvalue weighted by Crippen LogP contribution is 2.43. The molecule has 126 valence electrons. The van der Waals surface area contributed by atoms with E-state index in [0.717, 1.165) is 27.6 Å². The first-order valence-electron chi connectivity index (χ1n) is 7.71. The number of methoxy groups -OCH3 is 1. The second kappa shape index (κ2) is 5.86. The molecular weight excluding hydrogens is 336 g/mol. The third kappa shape index (κ3) is 2.35. The first kappa shape index (κ1) is 15.6. The monoisotopic (exact) mass is 352 g/mol. The Bertz CT molecular complexity index is 1080. The summed E-state index contributed by atoms with van der Waals surface area (Å²) in [4.78, 5) is 20.6. The molecule has 1 aliphatic carbocycles. The number of aromatic nitrogens is 3. The molecule has 0 radical (unpaired) electrons. The Morgan fingerprint density at radius 2 is 1.92 bits per heavy atom. The zero-order valence-electron chi connectivity index (χ0n) is 14.1. The number of ether oxygens (including phenoxy) is 1. The van der Waals surface area contributed by atoms with Gasteiger partial charge < -0.3 is 9.64 Å². The summed E-state index contributed by atoms with van der Waals surface area (Å²) in [6.07, 6.45) is 3.33. The lowest BCUT2D eigenvalue weighted by Gasteiger charge is -2.13. The molecule has 2 aromatic rings. The Kier molecular flexibility index (Phi) is 3.65. The van der Waals surface area contributed by atoms with Crippen molar-refractivity contribution in [1.82, 2.24) is 13.9 Å². The third-order valence-electron chi connectivity index (χ3n) is 4.17. The molecule has 0 amide bonds. The van der Waals surface area contributed by atoms with Crippen molar-refractivity contribution in [1.29, 1.82) is 0 Å². The number of anilines is 1. The molecule has 2 heterocycles. The van der Waals surface area contributed by atoms with Crippen LogP contribution in [-0.2, 0) is 0 Å². The molecule has 0 saturated heterocycles. The topological polar surface area (TPSA) is 60.2 Å². The van der Waals surface area contributed by atoms with Gasteiger partial charge in [0.15, 0.2) is 0 Å². The Morgan fingerprint density at radius 3 is 2.60 bits per heavy atom. The van der Waals surface area contributed by atoms with E-state index in [1.807, 2.05) is 49.3 Å². The van der Waals surface area contributed by atoms with E-state index in [9.17, 15) is 4.79 Å². The lowest BCUT2D eigenvalue weighted by atomic mass is 10.2. The summed E-state index contributed by atoms with van der Waals surface area (Å²) in [6.45, 7) is 0. The first-order valence-corrected chi connectivity index (χ1v) is 8.48. The van der Waals surface area contributed by atoms with Crippen LogP contribution in [0.1, 0.15) is 0 Å². The molecule has 1 aromatic heterocycles. The summed E-state index contributed by atoms with van der Waals surface area (Å²) in [6, 6.07) is 9.26. The van der Waals surface area contributed by atoms with Crippen molar-refractivity contribution in [3.63, 3.8) is 0 Å². The van der Waals surface area contributed by atoms with Crippen molar-refractivity contribution in [2.75, 3.05) is 26.1 Å². The Hall–Kier alpha value is -2.93. The molecule has 6 nitrogen and oxygen atoms in total. The van der Waals surface area contributed by atoms with Gasteiger partial charge >= 0.3 is 0 Å². The molecule has 1 aromatic carbocycles. The van der Waals surface area contributed by atoms with Crippen LogP contribution < -0.4 is 15.2 Å². The minimum Gasteiger partial charge on any atom is -0.497 e. The normalized spacial score (nSPS) is 11.2. The number of fused-ring (bicyclic) bond motifs is 3. The van der Waals surface area contributed by atoms with Crippen molar-refractivity contribution in [2.45, 2.75) is 0 Å². The van der Waals surface area contributed by atoms with Gasteiger partial charge in [-0.1, -0.05) is 0 Å². The van der Waals surface area contributed by atoms with Gasteiger partial charge in [-0.3, -0.25) is 9.36 Å². The number of rotatable bonds is 3. The van der Waals surface area contributed by atoms with Crippen LogP contribution in [0.2, 0.25) is 0 Å². The van der Waals surface area contributed by atoms with Crippen LogP contribution in [0.4, 0.5) is 5.69 Å². The summed E-state index contributed by atoms with van der Waals surface area (Å²) in [7, 11) is 5.52. The van der Waals surface area contributed by atoms with Gasteiger partial charge in [-0.05, 0) is 41.9 Å². The average Bonchev–Trinajstić information content (AvgIpc) is 2.97. The number of hydrogen-bond donors (Lipinski definition) is 0. The summed E-state index contributed by atoms with van der Waals surface area (Å²) in [5.41, 5.74) is 3.30. The van der Waals surface area contributed by atoms with Crippen LogP contribution in [0.3, 0.4) is 0 Å². The SMILES string of the molecule is COc1ccc(-n2cnc3c(N(C)C)c4ccnsc-4c3c2=O)cc1. The summed E-state index contributed by atoms with van der Waals surface area (Å²) in [5.74, 6) is 0.742. The van der Waals surface area contributed by atoms with Crippen LogP contribution in [0.5, 0.6) is 5.75 Å². The minimum atomic E-state index is -0.0995. The van der Waals surface area contributed by atoms with Crippen LogP contribution in [0.15, 0.2) is 47.7 Å². The van der Waals surface area contributed by atoms with E-state index < -0.39 is 0 Å². The molecule has 25 heavy (non-hydrogen) atoms. The lowest BCUT2D eigenvalue weighted by molar-refractivity contribution is 0.414. The van der Waals surface area contributed by atoms with Gasteiger partial charge in [0.25, 0.3) is 5.56 Å². The zero-order valence-corrected chi connectivity index (χ0v) is 14.9. The second-order valence-electron chi connectivity index (χ2n) is 5.84.